The van der Waals surface area contributed by atoms with E-state index in [0.29, 0.717) is 18.0 Å². The van der Waals surface area contributed by atoms with Gasteiger partial charge in [0.1, 0.15) is 12.4 Å². The molecule has 0 heterocycles. The van der Waals surface area contributed by atoms with Gasteiger partial charge in [-0.2, -0.15) is 0 Å². The molecule has 3 aromatic rings. The Morgan fingerprint density at radius 3 is 2.39 bits per heavy atom. The molecule has 6 nitrogen and oxygen atoms in total. The number of methoxy groups -OCH3 is 1. The van der Waals surface area contributed by atoms with Gasteiger partial charge in [-0.25, -0.2) is 17.9 Å². The first-order chi connectivity index (χ1) is 14.7. The molecule has 0 spiro atoms. The van der Waals surface area contributed by atoms with Crippen molar-refractivity contribution in [2.24, 2.45) is 5.14 Å². The maximum absolute atomic E-state index is 14.0. The monoisotopic (exact) mass is 484 g/mol. The molecule has 0 bridgehead atoms. The molecule has 0 aliphatic carbocycles. The average molecular weight is 485 g/mol. The first-order valence-electron chi connectivity index (χ1n) is 8.98. The smallest absolute Gasteiger partial charge is 0.238 e. The number of nitrogens with one attached hydrogen (secondary N) is 1. The van der Waals surface area contributed by atoms with Gasteiger partial charge in [0.15, 0.2) is 11.5 Å². The predicted octanol–water partition coefficient (Wildman–Crippen LogP) is 4.98. The third-order valence-electron chi connectivity index (χ3n) is 4.39. The van der Waals surface area contributed by atoms with E-state index in [9.17, 15) is 12.8 Å². The van der Waals surface area contributed by atoms with Crippen molar-refractivity contribution in [2.75, 3.05) is 12.4 Å². The van der Waals surface area contributed by atoms with Crippen molar-refractivity contribution in [3.8, 4) is 11.5 Å². The van der Waals surface area contributed by atoms with Crippen LogP contribution in [0.4, 0.5) is 10.1 Å². The van der Waals surface area contributed by atoms with Gasteiger partial charge in [-0.05, 0) is 54.1 Å². The maximum atomic E-state index is 14.0. The van der Waals surface area contributed by atoms with Crippen LogP contribution in [0.2, 0.25) is 10.0 Å². The molecule has 0 unspecified atom stereocenters. The van der Waals surface area contributed by atoms with E-state index in [4.69, 9.17) is 37.8 Å². The molecule has 164 valence electrons. The quantitative estimate of drug-likeness (QED) is 0.470. The highest BCUT2D eigenvalue weighted by molar-refractivity contribution is 7.89. The van der Waals surface area contributed by atoms with Crippen molar-refractivity contribution >= 4 is 38.9 Å². The summed E-state index contributed by atoms with van der Waals surface area (Å²) >= 11 is 12.4. The fourth-order valence-electron chi connectivity index (χ4n) is 2.80. The van der Waals surface area contributed by atoms with Crippen LogP contribution in [-0.4, -0.2) is 15.5 Å². The molecule has 0 radical (unpaired) electrons. The summed E-state index contributed by atoms with van der Waals surface area (Å²) < 4.78 is 47.7. The molecule has 0 aliphatic heterocycles. The van der Waals surface area contributed by atoms with Gasteiger partial charge in [0, 0.05) is 17.8 Å². The summed E-state index contributed by atoms with van der Waals surface area (Å²) in [7, 11) is -2.27. The van der Waals surface area contributed by atoms with E-state index in [2.05, 4.69) is 5.32 Å². The second kappa shape index (κ2) is 9.74. The molecular weight excluding hydrogens is 466 g/mol. The molecule has 0 aliphatic rings. The zero-order valence-electron chi connectivity index (χ0n) is 16.4. The second-order valence-electron chi connectivity index (χ2n) is 6.52. The molecule has 31 heavy (non-hydrogen) atoms. The molecule has 3 N–H and O–H groups in total. The van der Waals surface area contributed by atoms with E-state index >= 15 is 0 Å². The Bertz CT molecular complexity index is 1170. The van der Waals surface area contributed by atoms with Gasteiger partial charge in [0.25, 0.3) is 0 Å². The van der Waals surface area contributed by atoms with Gasteiger partial charge in [-0.1, -0.05) is 29.3 Å². The standard InChI is InChI=1S/C21H19Cl2FN2O4S/c1-29-20-10-13(11-26-14-5-7-15(8-6-14)31(25,27)28)9-18(23)21(20)30-12-16-17(22)3-2-4-19(16)24/h2-10,26H,11-12H2,1H3,(H2,25,27,28). The minimum Gasteiger partial charge on any atom is -0.493 e. The number of sulfonamides is 1. The number of hydrogen-bond donors (Lipinski definition) is 2. The number of hydrogen-bond acceptors (Lipinski definition) is 5. The van der Waals surface area contributed by atoms with Gasteiger partial charge < -0.3 is 14.8 Å². The zero-order valence-corrected chi connectivity index (χ0v) is 18.7. The fourth-order valence-corrected chi connectivity index (χ4v) is 3.82. The summed E-state index contributed by atoms with van der Waals surface area (Å²) in [5.41, 5.74) is 1.70. The van der Waals surface area contributed by atoms with E-state index in [1.165, 1.54) is 31.4 Å². The van der Waals surface area contributed by atoms with Crippen LogP contribution in [0.15, 0.2) is 59.5 Å². The number of benzene rings is 3. The van der Waals surface area contributed by atoms with Crippen LogP contribution in [0, 0.1) is 5.82 Å². The van der Waals surface area contributed by atoms with Gasteiger partial charge in [0.2, 0.25) is 10.0 Å². The summed E-state index contributed by atoms with van der Waals surface area (Å²) in [6.07, 6.45) is 0. The number of halogens is 3. The van der Waals surface area contributed by atoms with Crippen LogP contribution in [0.1, 0.15) is 11.1 Å². The Kier molecular flexibility index (Phi) is 7.27. The van der Waals surface area contributed by atoms with Crippen LogP contribution in [0.3, 0.4) is 0 Å². The lowest BCUT2D eigenvalue weighted by atomic mass is 10.2. The van der Waals surface area contributed by atoms with Crippen molar-refractivity contribution in [2.45, 2.75) is 18.0 Å². The third kappa shape index (κ3) is 5.80. The largest absolute Gasteiger partial charge is 0.493 e. The average Bonchev–Trinajstić information content (AvgIpc) is 2.72. The molecule has 0 saturated carbocycles. The normalized spacial score (nSPS) is 11.3. The number of anilines is 1. The zero-order chi connectivity index (χ0) is 22.6. The predicted molar refractivity (Wildman–Crippen MR) is 119 cm³/mol. The summed E-state index contributed by atoms with van der Waals surface area (Å²) in [4.78, 5) is 0.0271. The van der Waals surface area contributed by atoms with E-state index < -0.39 is 15.8 Å². The number of rotatable bonds is 8. The van der Waals surface area contributed by atoms with Crippen molar-refractivity contribution in [1.29, 1.82) is 0 Å². The van der Waals surface area contributed by atoms with E-state index in [1.807, 2.05) is 0 Å². The Morgan fingerprint density at radius 1 is 1.06 bits per heavy atom. The van der Waals surface area contributed by atoms with Crippen LogP contribution in [0.25, 0.3) is 0 Å². The van der Waals surface area contributed by atoms with Gasteiger partial charge >= 0.3 is 0 Å². The van der Waals surface area contributed by atoms with Crippen molar-refractivity contribution in [1.82, 2.24) is 0 Å². The molecule has 0 fully saturated rings. The Hall–Kier alpha value is -2.52. The van der Waals surface area contributed by atoms with Crippen LogP contribution < -0.4 is 19.9 Å². The number of primary sulfonamides is 1. The first-order valence-corrected chi connectivity index (χ1v) is 11.3. The van der Waals surface area contributed by atoms with Crippen molar-refractivity contribution < 1.29 is 22.3 Å². The van der Waals surface area contributed by atoms with Gasteiger partial charge in [-0.15, -0.1) is 0 Å². The topological polar surface area (TPSA) is 90.6 Å². The highest BCUT2D eigenvalue weighted by Gasteiger charge is 2.15. The van der Waals surface area contributed by atoms with Gasteiger partial charge in [-0.3, -0.25) is 0 Å². The lowest BCUT2D eigenvalue weighted by Crippen LogP contribution is -2.12. The Balaban J connectivity index is 1.73. The second-order valence-corrected chi connectivity index (χ2v) is 8.90. The summed E-state index contributed by atoms with van der Waals surface area (Å²) in [5.74, 6) is 0.169. The number of ether oxygens (including phenoxy) is 2. The Labute approximate surface area is 189 Å². The lowest BCUT2D eigenvalue weighted by Gasteiger charge is -2.15. The van der Waals surface area contributed by atoms with Crippen LogP contribution >= 0.6 is 23.2 Å². The summed E-state index contributed by atoms with van der Waals surface area (Å²) in [6.45, 7) is 0.264. The van der Waals surface area contributed by atoms with Crippen LogP contribution in [0.5, 0.6) is 11.5 Å². The number of nitrogens with two attached hydrogens (primary N) is 1. The third-order valence-corrected chi connectivity index (χ3v) is 5.96. The van der Waals surface area contributed by atoms with E-state index in [0.717, 1.165) is 5.56 Å². The molecule has 0 amide bonds. The Morgan fingerprint density at radius 2 is 1.77 bits per heavy atom. The van der Waals surface area contributed by atoms with Crippen LogP contribution in [-0.2, 0) is 23.2 Å². The molecule has 10 heteroatoms. The summed E-state index contributed by atoms with van der Waals surface area (Å²) in [6, 6.07) is 13.8. The minimum atomic E-state index is -3.74. The van der Waals surface area contributed by atoms with E-state index in [-0.39, 0.29) is 32.9 Å². The fraction of sp³-hybridized carbons (Fsp3) is 0.143. The highest BCUT2D eigenvalue weighted by atomic mass is 35.5. The highest BCUT2D eigenvalue weighted by Crippen LogP contribution is 2.37. The molecule has 0 atom stereocenters. The lowest BCUT2D eigenvalue weighted by molar-refractivity contribution is 0.280. The first kappa shape index (κ1) is 23.1. The maximum Gasteiger partial charge on any atom is 0.238 e. The summed E-state index contributed by atoms with van der Waals surface area (Å²) in [5, 5.41) is 8.79. The molecule has 0 aromatic heterocycles. The SMILES string of the molecule is COc1cc(CNc2ccc(S(N)(=O)=O)cc2)cc(Cl)c1OCc1c(F)cccc1Cl. The van der Waals surface area contributed by atoms with Gasteiger partial charge in [0.05, 0.1) is 22.1 Å². The van der Waals surface area contributed by atoms with Crippen molar-refractivity contribution in [3.63, 3.8) is 0 Å². The van der Waals surface area contributed by atoms with Crippen molar-refractivity contribution in [3.05, 3.63) is 81.6 Å². The molecular formula is C21H19Cl2FN2O4S. The van der Waals surface area contributed by atoms with E-state index in [1.54, 1.807) is 30.3 Å². The molecule has 3 aromatic carbocycles. The molecule has 3 rings (SSSR count). The minimum absolute atomic E-state index is 0.0271. The molecule has 0 saturated heterocycles.